The molecule has 10 nitrogen and oxygen atoms in total. The molecule has 2 aromatic carbocycles. The first-order valence-corrected chi connectivity index (χ1v) is 14.0. The number of aromatic nitrogens is 2. The van der Waals surface area contributed by atoms with E-state index < -0.39 is 17.7 Å². The van der Waals surface area contributed by atoms with E-state index in [1.165, 1.54) is 36.4 Å². The van der Waals surface area contributed by atoms with Gasteiger partial charge in [-0.15, -0.1) is 0 Å². The first-order valence-electron chi connectivity index (χ1n) is 14.0. The number of hydroxylamine groups is 1. The summed E-state index contributed by atoms with van der Waals surface area (Å²) in [5, 5.41) is 7.67. The summed E-state index contributed by atoms with van der Waals surface area (Å²) >= 11 is 0. The van der Waals surface area contributed by atoms with Gasteiger partial charge in [0.15, 0.2) is 5.82 Å². The normalized spacial score (nSPS) is 19.1. The second-order valence-electron chi connectivity index (χ2n) is 10.5. The predicted molar refractivity (Wildman–Crippen MR) is 156 cm³/mol. The van der Waals surface area contributed by atoms with Crippen LogP contribution in [-0.4, -0.2) is 66.7 Å². The molecular weight excluding hydrogens is 544 g/mol. The molecule has 12 heteroatoms. The quantitative estimate of drug-likeness (QED) is 0.348. The van der Waals surface area contributed by atoms with E-state index in [1.54, 1.807) is 13.2 Å². The second-order valence-corrected chi connectivity index (χ2v) is 10.5. The number of nitrogens with one attached hydrogen (secondary N) is 2. The van der Waals surface area contributed by atoms with Gasteiger partial charge >= 0.3 is 0 Å². The van der Waals surface area contributed by atoms with Crippen molar-refractivity contribution in [2.24, 2.45) is 0 Å². The van der Waals surface area contributed by atoms with Crippen molar-refractivity contribution in [1.82, 2.24) is 14.9 Å². The van der Waals surface area contributed by atoms with Crippen LogP contribution in [0.4, 0.5) is 37.5 Å². The summed E-state index contributed by atoms with van der Waals surface area (Å²) in [4.78, 5) is 31.6. The molecular formula is C30H33F2N7O3. The molecule has 0 radical (unpaired) electrons. The van der Waals surface area contributed by atoms with E-state index >= 15 is 0 Å². The molecule has 3 aliphatic rings. The average molecular weight is 578 g/mol. The van der Waals surface area contributed by atoms with Crippen LogP contribution in [0.2, 0.25) is 0 Å². The fraction of sp³-hybridized carbons (Fsp3) is 0.367. The van der Waals surface area contributed by atoms with Gasteiger partial charge in [-0.05, 0) is 43.2 Å². The molecule has 3 fully saturated rings. The Bertz CT molecular complexity index is 1480. The van der Waals surface area contributed by atoms with Gasteiger partial charge in [-0.25, -0.2) is 23.8 Å². The first-order chi connectivity index (χ1) is 20.4. The maximum Gasteiger partial charge on any atom is 0.247 e. The van der Waals surface area contributed by atoms with Crippen LogP contribution in [-0.2, 0) is 9.63 Å². The molecule has 6 rings (SSSR count). The molecule has 220 valence electrons. The molecule has 1 amide bonds. The maximum absolute atomic E-state index is 14.6. The van der Waals surface area contributed by atoms with E-state index in [1.807, 2.05) is 12.1 Å². The van der Waals surface area contributed by atoms with Crippen LogP contribution < -0.4 is 25.3 Å². The van der Waals surface area contributed by atoms with Gasteiger partial charge in [-0.3, -0.25) is 14.5 Å². The van der Waals surface area contributed by atoms with Gasteiger partial charge in [0.05, 0.1) is 36.8 Å². The fourth-order valence-electron chi connectivity index (χ4n) is 5.57. The Balaban J connectivity index is 1.27. The summed E-state index contributed by atoms with van der Waals surface area (Å²) in [7, 11) is 1.58. The number of nitrogens with zero attached hydrogens (tertiary/aromatic N) is 5. The van der Waals surface area contributed by atoms with Gasteiger partial charge in [-0.2, -0.15) is 0 Å². The minimum atomic E-state index is -0.557. The van der Waals surface area contributed by atoms with E-state index in [0.717, 1.165) is 44.0 Å². The molecule has 1 aliphatic carbocycles. The summed E-state index contributed by atoms with van der Waals surface area (Å²) in [6.45, 7) is 7.51. The fourth-order valence-corrected chi connectivity index (χ4v) is 5.57. The zero-order valence-corrected chi connectivity index (χ0v) is 23.4. The number of carbonyl (C=O) groups excluding carboxylic acids is 1. The van der Waals surface area contributed by atoms with E-state index in [4.69, 9.17) is 9.57 Å². The summed E-state index contributed by atoms with van der Waals surface area (Å²) in [6, 6.07) is 8.90. The lowest BCUT2D eigenvalue weighted by Gasteiger charge is -2.37. The van der Waals surface area contributed by atoms with Crippen molar-refractivity contribution < 1.29 is 23.1 Å². The molecule has 1 atom stereocenters. The first kappa shape index (κ1) is 27.9. The minimum absolute atomic E-state index is 0.193. The molecule has 0 spiro atoms. The summed E-state index contributed by atoms with van der Waals surface area (Å²) in [5.41, 5.74) is 2.23. The topological polar surface area (TPSA) is 95.1 Å². The number of ether oxygens (including phenoxy) is 1. The van der Waals surface area contributed by atoms with E-state index in [9.17, 15) is 13.6 Å². The van der Waals surface area contributed by atoms with E-state index in [-0.39, 0.29) is 11.5 Å². The van der Waals surface area contributed by atoms with Gasteiger partial charge in [0, 0.05) is 56.3 Å². The molecule has 2 aliphatic heterocycles. The third-order valence-electron chi connectivity index (χ3n) is 7.84. The van der Waals surface area contributed by atoms with Crippen LogP contribution in [0.15, 0.2) is 55.4 Å². The highest BCUT2D eigenvalue weighted by atomic mass is 19.1. The Morgan fingerprint density at radius 1 is 1.07 bits per heavy atom. The van der Waals surface area contributed by atoms with Crippen LogP contribution >= 0.6 is 0 Å². The van der Waals surface area contributed by atoms with Gasteiger partial charge in [0.25, 0.3) is 0 Å². The minimum Gasteiger partial charge on any atom is -0.494 e. The molecule has 1 aromatic heterocycles. The number of carbonyl (C=O) groups is 1. The van der Waals surface area contributed by atoms with Crippen LogP contribution in [0.5, 0.6) is 5.75 Å². The van der Waals surface area contributed by atoms with Crippen molar-refractivity contribution in [3.63, 3.8) is 0 Å². The largest absolute Gasteiger partial charge is 0.494 e. The number of rotatable bonds is 9. The number of halogens is 2. The molecule has 42 heavy (non-hydrogen) atoms. The summed E-state index contributed by atoms with van der Waals surface area (Å²) in [6.07, 6.45) is 5.59. The van der Waals surface area contributed by atoms with Crippen LogP contribution in [0, 0.1) is 11.6 Å². The lowest BCUT2D eigenvalue weighted by atomic mass is 10.0. The van der Waals surface area contributed by atoms with Crippen molar-refractivity contribution in [3.8, 4) is 5.75 Å². The number of hydrogen-bond acceptors (Lipinski definition) is 9. The standard InChI is InChI=1S/C30H33F2N7O3/c1-3-30(40)36-23-15-24(27(41-2)16-26(23)38-11-9-37(10-12-38)20-5-6-20)35-28-17-29(34-18-33-28)39-25(8-13-42-39)21-14-19(31)4-7-22(21)32/h3-4,7,14-18,20,25H,1,5-6,8-13H2,2H3,(H,36,40)(H,33,34,35). The van der Waals surface area contributed by atoms with Gasteiger partial charge in [0.2, 0.25) is 5.91 Å². The summed E-state index contributed by atoms with van der Waals surface area (Å²) < 4.78 is 34.3. The average Bonchev–Trinajstić information content (AvgIpc) is 3.75. The number of methoxy groups -OCH3 is 1. The number of piperazine rings is 1. The monoisotopic (exact) mass is 577 g/mol. The van der Waals surface area contributed by atoms with Crippen molar-refractivity contribution in [2.75, 3.05) is 60.5 Å². The molecule has 2 saturated heterocycles. The molecule has 2 N–H and O–H groups in total. The van der Waals surface area contributed by atoms with Crippen molar-refractivity contribution >= 4 is 34.6 Å². The Kier molecular flexibility index (Phi) is 7.90. The van der Waals surface area contributed by atoms with Crippen LogP contribution in [0.1, 0.15) is 30.9 Å². The Labute approximate surface area is 242 Å². The number of benzene rings is 2. The maximum atomic E-state index is 14.6. The third kappa shape index (κ3) is 5.86. The lowest BCUT2D eigenvalue weighted by molar-refractivity contribution is -0.111. The number of anilines is 5. The lowest BCUT2D eigenvalue weighted by Crippen LogP contribution is -2.47. The number of amides is 1. The van der Waals surface area contributed by atoms with Crippen LogP contribution in [0.25, 0.3) is 0 Å². The number of hydrogen-bond donors (Lipinski definition) is 2. The van der Waals surface area contributed by atoms with Gasteiger partial charge in [-0.1, -0.05) is 6.58 Å². The SMILES string of the molecule is C=CC(=O)Nc1cc(Nc2cc(N3OCCC3c3cc(F)ccc3F)ncn2)c(OC)cc1N1CCN(C2CC2)CC1. The zero-order valence-electron chi connectivity index (χ0n) is 23.4. The predicted octanol–water partition coefficient (Wildman–Crippen LogP) is 4.80. The molecule has 1 unspecified atom stereocenters. The second kappa shape index (κ2) is 11.9. The Morgan fingerprint density at radius 2 is 1.88 bits per heavy atom. The third-order valence-corrected chi connectivity index (χ3v) is 7.84. The van der Waals surface area contributed by atoms with E-state index in [0.29, 0.717) is 47.8 Å². The zero-order chi connectivity index (χ0) is 29.2. The highest BCUT2D eigenvalue weighted by Gasteiger charge is 2.33. The Hall–Kier alpha value is -4.29. The Morgan fingerprint density at radius 3 is 2.62 bits per heavy atom. The molecule has 1 saturated carbocycles. The van der Waals surface area contributed by atoms with Gasteiger partial charge in [0.1, 0.15) is 29.5 Å². The molecule has 3 aromatic rings. The van der Waals surface area contributed by atoms with Crippen LogP contribution in [0.3, 0.4) is 0 Å². The summed E-state index contributed by atoms with van der Waals surface area (Å²) in [5.74, 6) is -0.0131. The van der Waals surface area contributed by atoms with Crippen molar-refractivity contribution in [3.05, 3.63) is 72.6 Å². The van der Waals surface area contributed by atoms with E-state index in [2.05, 4.69) is 37.0 Å². The van der Waals surface area contributed by atoms with Crippen molar-refractivity contribution in [1.29, 1.82) is 0 Å². The highest BCUT2D eigenvalue weighted by Crippen LogP contribution is 2.40. The molecule has 0 bridgehead atoms. The van der Waals surface area contributed by atoms with Gasteiger partial charge < -0.3 is 20.3 Å². The smallest absolute Gasteiger partial charge is 0.247 e. The molecule has 3 heterocycles. The van der Waals surface area contributed by atoms with Crippen molar-refractivity contribution in [2.45, 2.75) is 31.3 Å². The highest BCUT2D eigenvalue weighted by molar-refractivity contribution is 6.02.